The fourth-order valence-electron chi connectivity index (χ4n) is 1.48. The van der Waals surface area contributed by atoms with Crippen LogP contribution in [0.5, 0.6) is 0 Å². The van der Waals surface area contributed by atoms with Gasteiger partial charge in [-0.1, -0.05) is 0 Å². The predicted octanol–water partition coefficient (Wildman–Crippen LogP) is 1.74. The summed E-state index contributed by atoms with van der Waals surface area (Å²) in [4.78, 5) is 0. The summed E-state index contributed by atoms with van der Waals surface area (Å²) in [6.07, 6.45) is 2.76. The molecule has 0 aliphatic heterocycles. The highest BCUT2D eigenvalue weighted by molar-refractivity contribution is 8.00. The predicted molar refractivity (Wildman–Crippen MR) is 50.2 cm³/mol. The maximum Gasteiger partial charge on any atom is 0.441 e. The van der Waals surface area contributed by atoms with Gasteiger partial charge in [-0.25, -0.2) is 0 Å². The number of aliphatic hydroxyl groups is 1. The Morgan fingerprint density at radius 2 is 2.00 bits per heavy atom. The molecule has 14 heavy (non-hydrogen) atoms. The lowest BCUT2D eigenvalue weighted by molar-refractivity contribution is -0.0328. The Hall–Kier alpha value is 0.0600. The van der Waals surface area contributed by atoms with Crippen LogP contribution < -0.4 is 5.32 Å². The fourth-order valence-corrected chi connectivity index (χ4v) is 1.91. The average Bonchev–Trinajstić information content (AvgIpc) is 2.00. The highest BCUT2D eigenvalue weighted by Crippen LogP contribution is 2.32. The highest BCUT2D eigenvalue weighted by Gasteiger charge is 2.36. The third kappa shape index (κ3) is 3.67. The Morgan fingerprint density at radius 3 is 2.36 bits per heavy atom. The zero-order valence-corrected chi connectivity index (χ0v) is 8.55. The Kier molecular flexibility index (Phi) is 4.09. The molecule has 84 valence electrons. The Bertz CT molecular complexity index is 176. The standard InChI is InChI=1S/C8H14F3NOS/c9-8(10,11)14-5-4-12-7(6-13)2-1-3-7/h12-13H,1-6H2. The molecule has 0 amide bonds. The van der Waals surface area contributed by atoms with Crippen molar-refractivity contribution in [2.75, 3.05) is 18.9 Å². The SMILES string of the molecule is OCC1(NCCSC(F)(F)F)CCC1. The summed E-state index contributed by atoms with van der Waals surface area (Å²) >= 11 is -0.0248. The van der Waals surface area contributed by atoms with Crippen LogP contribution >= 0.6 is 11.8 Å². The van der Waals surface area contributed by atoms with E-state index in [0.29, 0.717) is 6.54 Å². The molecule has 1 fully saturated rings. The quantitative estimate of drug-likeness (QED) is 0.704. The van der Waals surface area contributed by atoms with Crippen molar-refractivity contribution in [3.05, 3.63) is 0 Å². The molecular weight excluding hydrogens is 215 g/mol. The van der Waals surface area contributed by atoms with E-state index >= 15 is 0 Å². The molecule has 2 nitrogen and oxygen atoms in total. The smallest absolute Gasteiger partial charge is 0.394 e. The van der Waals surface area contributed by atoms with E-state index in [0.717, 1.165) is 19.3 Å². The summed E-state index contributed by atoms with van der Waals surface area (Å²) < 4.78 is 35.2. The van der Waals surface area contributed by atoms with Crippen LogP contribution in [-0.4, -0.2) is 35.1 Å². The first-order valence-electron chi connectivity index (χ1n) is 4.54. The monoisotopic (exact) mass is 229 g/mol. The third-order valence-corrected chi connectivity index (χ3v) is 3.22. The molecule has 6 heteroatoms. The van der Waals surface area contributed by atoms with Gasteiger partial charge in [0.05, 0.1) is 6.61 Å². The van der Waals surface area contributed by atoms with E-state index in [1.165, 1.54) is 0 Å². The Balaban J connectivity index is 2.09. The fraction of sp³-hybridized carbons (Fsp3) is 1.00. The molecule has 0 aromatic heterocycles. The molecule has 2 N–H and O–H groups in total. The Labute approximate surface area is 85.3 Å². The van der Waals surface area contributed by atoms with Gasteiger partial charge in [0.15, 0.2) is 0 Å². The number of nitrogens with one attached hydrogen (secondary N) is 1. The number of hydrogen-bond donors (Lipinski definition) is 2. The number of thioether (sulfide) groups is 1. The number of hydrogen-bond acceptors (Lipinski definition) is 3. The van der Waals surface area contributed by atoms with Gasteiger partial charge >= 0.3 is 5.51 Å². The zero-order chi connectivity index (χ0) is 10.7. The van der Waals surface area contributed by atoms with Crippen molar-refractivity contribution in [2.45, 2.75) is 30.3 Å². The van der Waals surface area contributed by atoms with Crippen LogP contribution in [0.15, 0.2) is 0 Å². The van der Waals surface area contributed by atoms with Crippen molar-refractivity contribution in [1.29, 1.82) is 0 Å². The number of rotatable bonds is 5. The van der Waals surface area contributed by atoms with Gasteiger partial charge in [0.2, 0.25) is 0 Å². The van der Waals surface area contributed by atoms with E-state index in [9.17, 15) is 13.2 Å². The molecule has 0 atom stereocenters. The normalized spacial score (nSPS) is 20.6. The van der Waals surface area contributed by atoms with Crippen LogP contribution in [0.3, 0.4) is 0 Å². The second kappa shape index (κ2) is 4.72. The molecule has 0 saturated heterocycles. The van der Waals surface area contributed by atoms with Gasteiger partial charge in [-0.3, -0.25) is 0 Å². The minimum Gasteiger partial charge on any atom is -0.394 e. The maximum absolute atomic E-state index is 11.7. The molecule has 1 saturated carbocycles. The van der Waals surface area contributed by atoms with Crippen molar-refractivity contribution in [1.82, 2.24) is 5.32 Å². The molecule has 0 spiro atoms. The van der Waals surface area contributed by atoms with Crippen LogP contribution in [0.25, 0.3) is 0 Å². The van der Waals surface area contributed by atoms with Crippen molar-refractivity contribution in [3.8, 4) is 0 Å². The van der Waals surface area contributed by atoms with Gasteiger partial charge in [-0.15, -0.1) is 0 Å². The lowest BCUT2D eigenvalue weighted by Crippen LogP contribution is -2.54. The van der Waals surface area contributed by atoms with Gasteiger partial charge in [0.1, 0.15) is 0 Å². The van der Waals surface area contributed by atoms with Crippen molar-refractivity contribution in [3.63, 3.8) is 0 Å². The summed E-state index contributed by atoms with van der Waals surface area (Å²) in [6.45, 7) is 0.314. The van der Waals surface area contributed by atoms with E-state index in [2.05, 4.69) is 5.32 Å². The molecule has 0 unspecified atom stereocenters. The maximum atomic E-state index is 11.7. The van der Waals surface area contributed by atoms with Gasteiger partial charge in [0, 0.05) is 17.8 Å². The molecular formula is C8H14F3NOS. The molecule has 0 bridgehead atoms. The van der Waals surface area contributed by atoms with Crippen LogP contribution in [0, 0.1) is 0 Å². The summed E-state index contributed by atoms with van der Waals surface area (Å²) in [5.74, 6) is 0.00521. The number of aliphatic hydroxyl groups excluding tert-OH is 1. The molecule has 0 radical (unpaired) electrons. The lowest BCUT2D eigenvalue weighted by Gasteiger charge is -2.41. The van der Waals surface area contributed by atoms with Crippen LogP contribution in [0.2, 0.25) is 0 Å². The lowest BCUT2D eigenvalue weighted by atomic mass is 9.77. The van der Waals surface area contributed by atoms with Gasteiger partial charge in [-0.05, 0) is 31.0 Å². The van der Waals surface area contributed by atoms with Gasteiger partial charge in [0.25, 0.3) is 0 Å². The third-order valence-electron chi connectivity index (χ3n) is 2.48. The van der Waals surface area contributed by atoms with E-state index < -0.39 is 5.51 Å². The molecule has 0 aromatic rings. The van der Waals surface area contributed by atoms with Crippen molar-refractivity contribution in [2.24, 2.45) is 0 Å². The second-order valence-electron chi connectivity index (χ2n) is 3.51. The minimum absolute atomic E-state index is 0.00521. The number of alkyl halides is 3. The summed E-state index contributed by atoms with van der Waals surface area (Å²) in [7, 11) is 0. The van der Waals surface area contributed by atoms with Crippen LogP contribution in [-0.2, 0) is 0 Å². The first kappa shape index (κ1) is 12.1. The molecule has 1 aliphatic carbocycles. The van der Waals surface area contributed by atoms with E-state index in [1.807, 2.05) is 0 Å². The summed E-state index contributed by atoms with van der Waals surface area (Å²) in [5.41, 5.74) is -4.43. The van der Waals surface area contributed by atoms with Crippen molar-refractivity contribution < 1.29 is 18.3 Å². The molecule has 0 aromatic carbocycles. The summed E-state index contributed by atoms with van der Waals surface area (Å²) in [5, 5.41) is 12.0. The van der Waals surface area contributed by atoms with Crippen LogP contribution in [0.1, 0.15) is 19.3 Å². The summed E-state index contributed by atoms with van der Waals surface area (Å²) in [6, 6.07) is 0. The first-order chi connectivity index (χ1) is 6.47. The second-order valence-corrected chi connectivity index (χ2v) is 4.67. The first-order valence-corrected chi connectivity index (χ1v) is 5.53. The average molecular weight is 229 g/mol. The number of halogens is 3. The Morgan fingerprint density at radius 1 is 1.36 bits per heavy atom. The van der Waals surface area contributed by atoms with E-state index in [1.54, 1.807) is 0 Å². The van der Waals surface area contributed by atoms with Crippen molar-refractivity contribution >= 4 is 11.8 Å². The molecule has 0 heterocycles. The minimum atomic E-state index is -4.15. The van der Waals surface area contributed by atoms with Crippen LogP contribution in [0.4, 0.5) is 13.2 Å². The topological polar surface area (TPSA) is 32.3 Å². The zero-order valence-electron chi connectivity index (χ0n) is 7.73. The highest BCUT2D eigenvalue weighted by atomic mass is 32.2. The largest absolute Gasteiger partial charge is 0.441 e. The van der Waals surface area contributed by atoms with Gasteiger partial charge in [-0.2, -0.15) is 13.2 Å². The molecule has 1 aliphatic rings. The van der Waals surface area contributed by atoms with Gasteiger partial charge < -0.3 is 10.4 Å². The van der Waals surface area contributed by atoms with E-state index in [4.69, 9.17) is 5.11 Å². The molecule has 1 rings (SSSR count). The van der Waals surface area contributed by atoms with E-state index in [-0.39, 0.29) is 29.7 Å².